The molecular formula is C25H32F2O7. The summed E-state index contributed by atoms with van der Waals surface area (Å²) >= 11 is 0. The molecule has 0 aromatic heterocycles. The van der Waals surface area contributed by atoms with E-state index in [1.807, 2.05) is 0 Å². The molecule has 6 rings (SSSR count). The number of hydrogen-bond donors (Lipinski definition) is 0. The normalized spacial score (nSPS) is 41.4. The molecule has 5 fully saturated rings. The number of alkyl halides is 2. The van der Waals surface area contributed by atoms with Gasteiger partial charge in [0.1, 0.15) is 17.6 Å². The molecular weight excluding hydrogens is 450 g/mol. The van der Waals surface area contributed by atoms with Gasteiger partial charge in [-0.1, -0.05) is 13.8 Å². The van der Waals surface area contributed by atoms with Gasteiger partial charge in [-0.25, -0.2) is 9.78 Å². The lowest BCUT2D eigenvalue weighted by atomic mass is 9.57. The van der Waals surface area contributed by atoms with Gasteiger partial charge in [-0.05, 0) is 62.1 Å². The number of benzene rings is 1. The summed E-state index contributed by atoms with van der Waals surface area (Å²) < 4.78 is 54.5. The molecule has 1 aromatic rings. The fraction of sp³-hybridized carbons (Fsp3) is 0.720. The number of carbonyl (C=O) groups is 1. The van der Waals surface area contributed by atoms with Crippen LogP contribution in [0.3, 0.4) is 0 Å². The Morgan fingerprint density at radius 2 is 1.85 bits per heavy atom. The molecule has 1 aliphatic carbocycles. The fourth-order valence-electron chi connectivity index (χ4n) is 6.62. The molecule has 1 aromatic carbocycles. The quantitative estimate of drug-likeness (QED) is 0.442. The molecule has 188 valence electrons. The molecule has 4 heterocycles. The van der Waals surface area contributed by atoms with Gasteiger partial charge in [0.2, 0.25) is 11.6 Å². The zero-order valence-corrected chi connectivity index (χ0v) is 20.1. The molecule has 34 heavy (non-hydrogen) atoms. The predicted octanol–water partition coefficient (Wildman–Crippen LogP) is 4.77. The lowest BCUT2D eigenvalue weighted by molar-refractivity contribution is -0.573. The highest BCUT2D eigenvalue weighted by Gasteiger charge is 2.72. The number of fused-ring (bicyclic) bond motifs is 2. The minimum Gasteiger partial charge on any atom is -0.497 e. The van der Waals surface area contributed by atoms with Gasteiger partial charge in [-0.3, -0.25) is 4.79 Å². The van der Waals surface area contributed by atoms with Crippen molar-refractivity contribution in [3.63, 3.8) is 0 Å². The van der Waals surface area contributed by atoms with Crippen molar-refractivity contribution in [2.45, 2.75) is 76.2 Å². The molecule has 1 spiro atoms. The first-order valence-corrected chi connectivity index (χ1v) is 11.9. The van der Waals surface area contributed by atoms with Crippen molar-refractivity contribution in [3.05, 3.63) is 23.8 Å². The Morgan fingerprint density at radius 3 is 2.56 bits per heavy atom. The average Bonchev–Trinajstić information content (AvgIpc) is 3.06. The molecule has 7 nitrogen and oxygen atoms in total. The molecule has 0 unspecified atom stereocenters. The number of ether oxygens (including phenoxy) is 4. The van der Waals surface area contributed by atoms with E-state index in [4.69, 9.17) is 28.7 Å². The molecule has 5 aliphatic rings. The van der Waals surface area contributed by atoms with E-state index in [-0.39, 0.29) is 28.9 Å². The average molecular weight is 483 g/mol. The molecule has 1 saturated carbocycles. The largest absolute Gasteiger partial charge is 0.497 e. The maximum absolute atomic E-state index is 16.0. The number of ketones is 1. The van der Waals surface area contributed by atoms with Crippen molar-refractivity contribution in [1.82, 2.24) is 0 Å². The van der Waals surface area contributed by atoms with Gasteiger partial charge in [-0.15, -0.1) is 0 Å². The lowest BCUT2D eigenvalue weighted by Crippen LogP contribution is -2.72. The van der Waals surface area contributed by atoms with Gasteiger partial charge >= 0.3 is 5.92 Å². The van der Waals surface area contributed by atoms with Crippen molar-refractivity contribution in [2.24, 2.45) is 23.7 Å². The van der Waals surface area contributed by atoms with E-state index in [9.17, 15) is 4.79 Å². The van der Waals surface area contributed by atoms with Crippen LogP contribution in [-0.4, -0.2) is 49.7 Å². The molecule has 9 heteroatoms. The molecule has 2 bridgehead atoms. The van der Waals surface area contributed by atoms with Crippen LogP contribution in [-0.2, 0) is 19.2 Å². The number of methoxy groups -OCH3 is 2. The van der Waals surface area contributed by atoms with Crippen LogP contribution in [0.25, 0.3) is 0 Å². The van der Waals surface area contributed by atoms with Gasteiger partial charge in [-0.2, -0.15) is 8.78 Å². The Labute approximate surface area is 197 Å². The number of carbonyl (C=O) groups excluding carboxylic acids is 1. The predicted molar refractivity (Wildman–Crippen MR) is 116 cm³/mol. The minimum absolute atomic E-state index is 0.0472. The number of hydrogen-bond acceptors (Lipinski definition) is 7. The second kappa shape index (κ2) is 8.11. The third kappa shape index (κ3) is 3.31. The monoisotopic (exact) mass is 482 g/mol. The summed E-state index contributed by atoms with van der Waals surface area (Å²) in [6.45, 7) is 5.60. The molecule has 4 saturated heterocycles. The smallest absolute Gasteiger partial charge is 0.335 e. The van der Waals surface area contributed by atoms with E-state index in [1.165, 1.54) is 26.4 Å². The Kier molecular flexibility index (Phi) is 5.71. The van der Waals surface area contributed by atoms with Crippen molar-refractivity contribution >= 4 is 5.78 Å². The van der Waals surface area contributed by atoms with Gasteiger partial charge in [0.05, 0.1) is 19.8 Å². The first kappa shape index (κ1) is 23.9. The third-order valence-corrected chi connectivity index (χ3v) is 8.47. The van der Waals surface area contributed by atoms with E-state index in [2.05, 4.69) is 6.92 Å². The number of halogens is 2. The Hall–Kier alpha value is -1.81. The fourth-order valence-corrected chi connectivity index (χ4v) is 6.62. The van der Waals surface area contributed by atoms with E-state index in [0.717, 1.165) is 12.8 Å². The van der Waals surface area contributed by atoms with Crippen LogP contribution in [0, 0.1) is 23.7 Å². The number of rotatable bonds is 5. The van der Waals surface area contributed by atoms with Crippen LogP contribution < -0.4 is 9.47 Å². The summed E-state index contributed by atoms with van der Waals surface area (Å²) in [4.78, 5) is 25.0. The summed E-state index contributed by atoms with van der Waals surface area (Å²) in [7, 11) is 2.74. The van der Waals surface area contributed by atoms with Crippen molar-refractivity contribution < 1.29 is 42.3 Å². The zero-order valence-electron chi connectivity index (χ0n) is 20.1. The van der Waals surface area contributed by atoms with E-state index < -0.39 is 41.4 Å². The first-order chi connectivity index (χ1) is 16.1. The van der Waals surface area contributed by atoms with Crippen LogP contribution in [0.1, 0.15) is 56.8 Å². The van der Waals surface area contributed by atoms with Crippen molar-refractivity contribution in [3.8, 4) is 11.5 Å². The Balaban J connectivity index is 1.53. The molecule has 0 amide bonds. The molecule has 8 atom stereocenters. The molecule has 4 aliphatic heterocycles. The number of Topliss-reactive ketones (excluding diaryl/α,β-unsaturated/α-hetero) is 1. The zero-order chi connectivity index (χ0) is 24.5. The third-order valence-electron chi connectivity index (χ3n) is 8.47. The standard InChI is InChI=1S/C25H32F2O7/c1-13-6-8-18-14(2)21(31-22-24(18)17(13)10-11-23(3,32-22)33-34-24)25(26,27)20(28)16-12-15(29-4)7-9-19(16)30-5/h7,9,12-14,17-18,21-22H,6,8,10-11H2,1-5H3/t13-,14+,17+,18+,21+,22-,23-,24-/m1/s1. The van der Waals surface area contributed by atoms with E-state index in [1.54, 1.807) is 19.9 Å². The minimum atomic E-state index is -3.84. The molecule has 0 N–H and O–H groups in total. The van der Waals surface area contributed by atoms with Crippen LogP contribution in [0.5, 0.6) is 11.5 Å². The van der Waals surface area contributed by atoms with Crippen molar-refractivity contribution in [2.75, 3.05) is 14.2 Å². The van der Waals surface area contributed by atoms with E-state index >= 15 is 8.78 Å². The first-order valence-electron chi connectivity index (χ1n) is 11.9. The summed E-state index contributed by atoms with van der Waals surface area (Å²) in [5.41, 5.74) is -1.23. The van der Waals surface area contributed by atoms with Crippen LogP contribution in [0.15, 0.2) is 18.2 Å². The van der Waals surface area contributed by atoms with Gasteiger partial charge in [0.15, 0.2) is 11.9 Å². The summed E-state index contributed by atoms with van der Waals surface area (Å²) in [6.07, 6.45) is 0.152. The summed E-state index contributed by atoms with van der Waals surface area (Å²) in [5, 5.41) is 0. The van der Waals surface area contributed by atoms with Crippen LogP contribution in [0.4, 0.5) is 8.78 Å². The Bertz CT molecular complexity index is 971. The second-order valence-corrected chi connectivity index (χ2v) is 10.3. The van der Waals surface area contributed by atoms with E-state index in [0.29, 0.717) is 18.8 Å². The van der Waals surface area contributed by atoms with Crippen LogP contribution >= 0.6 is 0 Å². The van der Waals surface area contributed by atoms with Gasteiger partial charge in [0.25, 0.3) is 0 Å². The Morgan fingerprint density at radius 1 is 1.09 bits per heavy atom. The maximum Gasteiger partial charge on any atom is 0.335 e. The highest BCUT2D eigenvalue weighted by atomic mass is 19.3. The second-order valence-electron chi connectivity index (χ2n) is 10.3. The van der Waals surface area contributed by atoms with Crippen LogP contribution in [0.2, 0.25) is 0 Å². The highest BCUT2D eigenvalue weighted by molar-refractivity contribution is 6.04. The SMILES string of the molecule is COc1ccc(OC)c(C(=O)C(F)(F)[C@H]2O[C@@H]3O[C@@]4(C)CC[C@H]5[C@H](C)CC[C@@H]([C@@H]2C)[C@@]35OO4)c1. The van der Waals surface area contributed by atoms with Gasteiger partial charge < -0.3 is 18.9 Å². The molecule has 0 radical (unpaired) electrons. The summed E-state index contributed by atoms with van der Waals surface area (Å²) in [6, 6.07) is 4.26. The topological polar surface area (TPSA) is 72.5 Å². The van der Waals surface area contributed by atoms with Crippen molar-refractivity contribution in [1.29, 1.82) is 0 Å². The lowest BCUT2D eigenvalue weighted by Gasteiger charge is -2.60. The highest BCUT2D eigenvalue weighted by Crippen LogP contribution is 2.61. The maximum atomic E-state index is 16.0. The van der Waals surface area contributed by atoms with Gasteiger partial charge in [0, 0.05) is 12.3 Å². The summed E-state index contributed by atoms with van der Waals surface area (Å²) in [5.74, 6) is -6.61.